The molecule has 0 bridgehead atoms. The lowest BCUT2D eigenvalue weighted by atomic mass is 10.3. The van der Waals surface area contributed by atoms with Crippen molar-refractivity contribution in [1.29, 1.82) is 0 Å². The lowest BCUT2D eigenvalue weighted by molar-refractivity contribution is 0.191. The molecule has 2 N–H and O–H groups in total. The average Bonchev–Trinajstić information content (AvgIpc) is 2.60. The lowest BCUT2D eigenvalue weighted by Crippen LogP contribution is -2.09. The van der Waals surface area contributed by atoms with E-state index in [1.807, 2.05) is 10.7 Å². The Morgan fingerprint density at radius 2 is 2.38 bits per heavy atom. The summed E-state index contributed by atoms with van der Waals surface area (Å²) in [5, 5.41) is 4.18. The molecule has 0 unspecified atom stereocenters. The largest absolute Gasteiger partial charge is 0.385 e. The lowest BCUT2D eigenvalue weighted by Gasteiger charge is -2.04. The molecule has 0 radical (unpaired) electrons. The van der Waals surface area contributed by atoms with Gasteiger partial charge < -0.3 is 10.5 Å². The maximum atomic E-state index is 5.54. The molecule has 0 aromatic carbocycles. The Morgan fingerprint density at radius 1 is 1.54 bits per heavy atom. The van der Waals surface area contributed by atoms with Gasteiger partial charge in [0.15, 0.2) is 0 Å². The zero-order chi connectivity index (χ0) is 9.52. The molecule has 1 aromatic rings. The third-order valence-corrected chi connectivity index (χ3v) is 1.98. The molecule has 0 fully saturated rings. The van der Waals surface area contributed by atoms with Crippen LogP contribution in [0.5, 0.6) is 0 Å². The third-order valence-electron chi connectivity index (χ3n) is 1.98. The van der Waals surface area contributed by atoms with Crippen molar-refractivity contribution in [3.05, 3.63) is 18.0 Å². The molecule has 74 valence electrons. The van der Waals surface area contributed by atoms with Crippen LogP contribution in [0.1, 0.15) is 18.5 Å². The maximum absolute atomic E-state index is 5.54. The highest BCUT2D eigenvalue weighted by atomic mass is 16.5. The van der Waals surface area contributed by atoms with Crippen molar-refractivity contribution >= 4 is 0 Å². The molecule has 1 heterocycles. The quantitative estimate of drug-likeness (QED) is 0.663. The summed E-state index contributed by atoms with van der Waals surface area (Å²) >= 11 is 0. The molecule has 0 amide bonds. The summed E-state index contributed by atoms with van der Waals surface area (Å²) in [5.41, 5.74) is 6.63. The first-order valence-corrected chi connectivity index (χ1v) is 4.58. The summed E-state index contributed by atoms with van der Waals surface area (Å²) < 4.78 is 6.92. The monoisotopic (exact) mass is 183 g/mol. The Bertz CT molecular complexity index is 235. The van der Waals surface area contributed by atoms with E-state index >= 15 is 0 Å². The molecule has 0 spiro atoms. The molecule has 0 aliphatic heterocycles. The molecule has 4 heteroatoms. The van der Waals surface area contributed by atoms with Crippen LogP contribution in [-0.4, -0.2) is 23.5 Å². The van der Waals surface area contributed by atoms with Crippen LogP contribution in [0.4, 0.5) is 0 Å². The Labute approximate surface area is 78.7 Å². The van der Waals surface area contributed by atoms with Gasteiger partial charge >= 0.3 is 0 Å². The Morgan fingerprint density at radius 3 is 3.08 bits per heavy atom. The van der Waals surface area contributed by atoms with E-state index in [9.17, 15) is 0 Å². The highest BCUT2D eigenvalue weighted by Gasteiger charge is 1.98. The summed E-state index contributed by atoms with van der Waals surface area (Å²) in [6.07, 6.45) is 3.95. The zero-order valence-electron chi connectivity index (χ0n) is 8.07. The highest BCUT2D eigenvalue weighted by Crippen LogP contribution is 2.00. The molecule has 0 aliphatic carbocycles. The minimum absolute atomic E-state index is 0.560. The maximum Gasteiger partial charge on any atom is 0.0519 e. The Hall–Kier alpha value is -0.870. The van der Waals surface area contributed by atoms with Gasteiger partial charge in [0.05, 0.1) is 5.69 Å². The standard InChI is InChI=1S/C9H17N3O/c1-13-7-3-2-6-12-9(8-10)4-5-11-12/h4-5H,2-3,6-8,10H2,1H3. The molecule has 0 saturated heterocycles. The normalized spacial score (nSPS) is 10.6. The van der Waals surface area contributed by atoms with E-state index in [1.54, 1.807) is 13.3 Å². The van der Waals surface area contributed by atoms with Gasteiger partial charge in [-0.1, -0.05) is 0 Å². The number of rotatable bonds is 6. The number of hydrogen-bond acceptors (Lipinski definition) is 3. The van der Waals surface area contributed by atoms with Crippen LogP contribution in [0.2, 0.25) is 0 Å². The SMILES string of the molecule is COCCCCn1nccc1CN. The minimum Gasteiger partial charge on any atom is -0.385 e. The van der Waals surface area contributed by atoms with Crippen molar-refractivity contribution in [3.63, 3.8) is 0 Å². The van der Waals surface area contributed by atoms with Crippen molar-refractivity contribution in [2.75, 3.05) is 13.7 Å². The van der Waals surface area contributed by atoms with Gasteiger partial charge in [0, 0.05) is 33.0 Å². The summed E-state index contributed by atoms with van der Waals surface area (Å²) in [6.45, 7) is 2.31. The zero-order valence-corrected chi connectivity index (χ0v) is 8.07. The number of unbranched alkanes of at least 4 members (excludes halogenated alkanes) is 1. The van der Waals surface area contributed by atoms with Gasteiger partial charge in [-0.3, -0.25) is 4.68 Å². The Kier molecular flexibility index (Phi) is 4.49. The van der Waals surface area contributed by atoms with Crippen molar-refractivity contribution in [2.45, 2.75) is 25.9 Å². The van der Waals surface area contributed by atoms with E-state index in [-0.39, 0.29) is 0 Å². The molecular formula is C9H17N3O. The molecule has 4 nitrogen and oxygen atoms in total. The second-order valence-corrected chi connectivity index (χ2v) is 2.95. The van der Waals surface area contributed by atoms with Gasteiger partial charge in [-0.25, -0.2) is 0 Å². The second kappa shape index (κ2) is 5.72. The van der Waals surface area contributed by atoms with Crippen molar-refractivity contribution < 1.29 is 4.74 Å². The molecule has 13 heavy (non-hydrogen) atoms. The number of nitrogens with two attached hydrogens (primary N) is 1. The summed E-state index contributed by atoms with van der Waals surface area (Å²) in [5.74, 6) is 0. The molecule has 0 aliphatic rings. The number of aromatic nitrogens is 2. The Balaban J connectivity index is 2.27. The van der Waals surface area contributed by atoms with Gasteiger partial charge in [0.1, 0.15) is 0 Å². The van der Waals surface area contributed by atoms with Gasteiger partial charge in [-0.2, -0.15) is 5.10 Å². The molecule has 1 rings (SSSR count). The molecule has 0 saturated carbocycles. The van der Waals surface area contributed by atoms with Crippen LogP contribution >= 0.6 is 0 Å². The van der Waals surface area contributed by atoms with E-state index in [1.165, 1.54) is 0 Å². The van der Waals surface area contributed by atoms with Gasteiger partial charge in [-0.05, 0) is 18.9 Å². The van der Waals surface area contributed by atoms with Crippen molar-refractivity contribution in [2.24, 2.45) is 5.73 Å². The minimum atomic E-state index is 0.560. The van der Waals surface area contributed by atoms with Crippen molar-refractivity contribution in [1.82, 2.24) is 9.78 Å². The van der Waals surface area contributed by atoms with Crippen LogP contribution in [0.15, 0.2) is 12.3 Å². The number of methoxy groups -OCH3 is 1. The van der Waals surface area contributed by atoms with Gasteiger partial charge in [-0.15, -0.1) is 0 Å². The highest BCUT2D eigenvalue weighted by molar-refractivity contribution is 4.99. The smallest absolute Gasteiger partial charge is 0.0519 e. The predicted molar refractivity (Wildman–Crippen MR) is 51.2 cm³/mol. The predicted octanol–water partition coefficient (Wildman–Crippen LogP) is 0.768. The first kappa shape index (κ1) is 10.2. The third kappa shape index (κ3) is 3.16. The topological polar surface area (TPSA) is 53.1 Å². The van der Waals surface area contributed by atoms with E-state index in [2.05, 4.69) is 5.10 Å². The van der Waals surface area contributed by atoms with E-state index in [0.29, 0.717) is 6.54 Å². The van der Waals surface area contributed by atoms with Crippen LogP contribution in [0.3, 0.4) is 0 Å². The van der Waals surface area contributed by atoms with Crippen molar-refractivity contribution in [3.8, 4) is 0 Å². The summed E-state index contributed by atoms with van der Waals surface area (Å²) in [7, 11) is 1.72. The first-order chi connectivity index (χ1) is 6.38. The van der Waals surface area contributed by atoms with Crippen LogP contribution < -0.4 is 5.73 Å². The number of nitrogens with zero attached hydrogens (tertiary/aromatic N) is 2. The fourth-order valence-corrected chi connectivity index (χ4v) is 1.24. The number of ether oxygens (including phenoxy) is 1. The molecule has 0 atom stereocenters. The fraction of sp³-hybridized carbons (Fsp3) is 0.667. The van der Waals surface area contributed by atoms with E-state index in [4.69, 9.17) is 10.5 Å². The van der Waals surface area contributed by atoms with Gasteiger partial charge in [0.25, 0.3) is 0 Å². The summed E-state index contributed by atoms with van der Waals surface area (Å²) in [4.78, 5) is 0. The van der Waals surface area contributed by atoms with Crippen LogP contribution in [0, 0.1) is 0 Å². The number of aryl methyl sites for hydroxylation is 1. The summed E-state index contributed by atoms with van der Waals surface area (Å²) in [6, 6.07) is 1.95. The van der Waals surface area contributed by atoms with E-state index in [0.717, 1.165) is 31.7 Å². The second-order valence-electron chi connectivity index (χ2n) is 2.95. The molecule has 1 aromatic heterocycles. The fourth-order valence-electron chi connectivity index (χ4n) is 1.24. The van der Waals surface area contributed by atoms with E-state index < -0.39 is 0 Å². The molecular weight excluding hydrogens is 166 g/mol. The number of hydrogen-bond donors (Lipinski definition) is 1. The first-order valence-electron chi connectivity index (χ1n) is 4.58. The average molecular weight is 183 g/mol. The van der Waals surface area contributed by atoms with Gasteiger partial charge in [0.2, 0.25) is 0 Å². The van der Waals surface area contributed by atoms with Crippen LogP contribution in [0.25, 0.3) is 0 Å². The van der Waals surface area contributed by atoms with Crippen LogP contribution in [-0.2, 0) is 17.8 Å².